The van der Waals surface area contributed by atoms with Crippen LogP contribution in [0.1, 0.15) is 19.3 Å². The molecule has 1 N–H and O–H groups in total. The zero-order chi connectivity index (χ0) is 12.6. The van der Waals surface area contributed by atoms with E-state index >= 15 is 0 Å². The Hall–Kier alpha value is -0.160. The minimum atomic E-state index is 0.868. The molecule has 4 heteroatoms. The van der Waals surface area contributed by atoms with Crippen molar-refractivity contribution in [3.05, 3.63) is 0 Å². The highest BCUT2D eigenvalue weighted by molar-refractivity contribution is 4.72. The van der Waals surface area contributed by atoms with Crippen LogP contribution in [0.4, 0.5) is 0 Å². The number of rotatable bonds is 6. The molecule has 2 fully saturated rings. The van der Waals surface area contributed by atoms with Crippen LogP contribution in [0.5, 0.6) is 0 Å². The minimum absolute atomic E-state index is 0.868. The number of nitrogens with one attached hydrogen (secondary N) is 1. The van der Waals surface area contributed by atoms with Gasteiger partial charge in [0, 0.05) is 19.6 Å². The molecular weight excluding hydrogens is 226 g/mol. The Labute approximate surface area is 112 Å². The summed E-state index contributed by atoms with van der Waals surface area (Å²) < 4.78 is 5.35. The molecule has 0 aromatic rings. The summed E-state index contributed by atoms with van der Waals surface area (Å²) in [5.74, 6) is 0.868. The van der Waals surface area contributed by atoms with Crippen molar-refractivity contribution in [3.8, 4) is 0 Å². The van der Waals surface area contributed by atoms with Gasteiger partial charge < -0.3 is 15.0 Å². The Morgan fingerprint density at radius 1 is 1.22 bits per heavy atom. The van der Waals surface area contributed by atoms with Crippen molar-refractivity contribution in [2.45, 2.75) is 19.3 Å². The molecule has 18 heavy (non-hydrogen) atoms. The van der Waals surface area contributed by atoms with E-state index in [-0.39, 0.29) is 0 Å². The highest BCUT2D eigenvalue weighted by atomic mass is 16.5. The Morgan fingerprint density at radius 3 is 2.83 bits per heavy atom. The Morgan fingerprint density at radius 2 is 2.06 bits per heavy atom. The average Bonchev–Trinajstić information content (AvgIpc) is 2.40. The summed E-state index contributed by atoms with van der Waals surface area (Å²) in [6.45, 7) is 10.2. The number of hydrogen-bond donors (Lipinski definition) is 1. The van der Waals surface area contributed by atoms with Gasteiger partial charge in [-0.3, -0.25) is 4.90 Å². The number of likely N-dealkylation sites (tertiary alicyclic amines) is 1. The number of nitrogens with zero attached hydrogens (tertiary/aromatic N) is 2. The molecule has 0 amide bonds. The predicted octanol–water partition coefficient (Wildman–Crippen LogP) is 0.640. The van der Waals surface area contributed by atoms with Gasteiger partial charge in [-0.15, -0.1) is 0 Å². The molecule has 0 aromatic carbocycles. The van der Waals surface area contributed by atoms with Crippen LogP contribution < -0.4 is 5.32 Å². The molecule has 4 nitrogen and oxygen atoms in total. The molecule has 0 aliphatic carbocycles. The minimum Gasteiger partial charge on any atom is -0.379 e. The fourth-order valence-electron chi connectivity index (χ4n) is 3.00. The first-order valence-corrected chi connectivity index (χ1v) is 7.54. The summed E-state index contributed by atoms with van der Waals surface area (Å²) in [6, 6.07) is 0. The summed E-state index contributed by atoms with van der Waals surface area (Å²) in [6.07, 6.45) is 4.04. The molecule has 0 radical (unpaired) electrons. The second-order valence-corrected chi connectivity index (χ2v) is 5.78. The third kappa shape index (κ3) is 5.22. The van der Waals surface area contributed by atoms with Gasteiger partial charge in [0.2, 0.25) is 0 Å². The van der Waals surface area contributed by atoms with Gasteiger partial charge >= 0.3 is 0 Å². The number of morpholine rings is 1. The van der Waals surface area contributed by atoms with Crippen LogP contribution in [0.3, 0.4) is 0 Å². The molecule has 106 valence electrons. The van der Waals surface area contributed by atoms with E-state index in [4.69, 9.17) is 4.74 Å². The highest BCUT2D eigenvalue weighted by Crippen LogP contribution is 2.13. The maximum absolute atomic E-state index is 5.35. The Balaban J connectivity index is 1.45. The second-order valence-electron chi connectivity index (χ2n) is 5.78. The quantitative estimate of drug-likeness (QED) is 0.705. The molecule has 2 heterocycles. The standard InChI is InChI=1S/C14H29N3O/c1-16-6-2-4-14(13-16)12-15-5-3-7-17-8-10-18-11-9-17/h14-15H,2-13H2,1H3. The fraction of sp³-hybridized carbons (Fsp3) is 1.00. The first-order chi connectivity index (χ1) is 8.84. The maximum Gasteiger partial charge on any atom is 0.0594 e. The lowest BCUT2D eigenvalue weighted by Crippen LogP contribution is -2.39. The van der Waals surface area contributed by atoms with Crippen LogP contribution in [-0.2, 0) is 4.74 Å². The third-order valence-corrected chi connectivity index (χ3v) is 4.09. The van der Waals surface area contributed by atoms with E-state index in [9.17, 15) is 0 Å². The highest BCUT2D eigenvalue weighted by Gasteiger charge is 2.16. The molecule has 0 aromatic heterocycles. The molecular formula is C14H29N3O. The van der Waals surface area contributed by atoms with Gasteiger partial charge in [-0.2, -0.15) is 0 Å². The van der Waals surface area contributed by atoms with Gasteiger partial charge in [0.1, 0.15) is 0 Å². The predicted molar refractivity (Wildman–Crippen MR) is 75.0 cm³/mol. The summed E-state index contributed by atoms with van der Waals surface area (Å²) >= 11 is 0. The van der Waals surface area contributed by atoms with Crippen LogP contribution >= 0.6 is 0 Å². The zero-order valence-electron chi connectivity index (χ0n) is 11.9. The van der Waals surface area contributed by atoms with Gasteiger partial charge in [0.25, 0.3) is 0 Å². The smallest absolute Gasteiger partial charge is 0.0594 e. The number of ether oxygens (including phenoxy) is 1. The van der Waals surface area contributed by atoms with Crippen molar-refractivity contribution >= 4 is 0 Å². The van der Waals surface area contributed by atoms with E-state index < -0.39 is 0 Å². The Bertz CT molecular complexity index is 219. The van der Waals surface area contributed by atoms with Crippen molar-refractivity contribution in [1.82, 2.24) is 15.1 Å². The normalized spacial score (nSPS) is 27.5. The largest absolute Gasteiger partial charge is 0.379 e. The summed E-state index contributed by atoms with van der Waals surface area (Å²) in [7, 11) is 2.24. The van der Waals surface area contributed by atoms with E-state index in [1.165, 1.54) is 45.4 Å². The van der Waals surface area contributed by atoms with Crippen molar-refractivity contribution in [2.24, 2.45) is 5.92 Å². The molecule has 0 saturated carbocycles. The van der Waals surface area contributed by atoms with E-state index in [0.29, 0.717) is 0 Å². The van der Waals surface area contributed by atoms with Gasteiger partial charge in [0.15, 0.2) is 0 Å². The van der Waals surface area contributed by atoms with Crippen molar-refractivity contribution in [3.63, 3.8) is 0 Å². The van der Waals surface area contributed by atoms with E-state index in [2.05, 4.69) is 22.2 Å². The summed E-state index contributed by atoms with van der Waals surface area (Å²) in [5, 5.41) is 3.63. The number of piperidine rings is 1. The van der Waals surface area contributed by atoms with Crippen LogP contribution in [0.15, 0.2) is 0 Å². The van der Waals surface area contributed by atoms with Gasteiger partial charge in [0.05, 0.1) is 13.2 Å². The molecule has 1 unspecified atom stereocenters. The van der Waals surface area contributed by atoms with Gasteiger partial charge in [-0.1, -0.05) is 0 Å². The molecule has 0 spiro atoms. The van der Waals surface area contributed by atoms with Crippen LogP contribution in [-0.4, -0.2) is 75.9 Å². The van der Waals surface area contributed by atoms with E-state index in [0.717, 1.165) is 38.8 Å². The zero-order valence-corrected chi connectivity index (χ0v) is 11.9. The van der Waals surface area contributed by atoms with Crippen LogP contribution in [0.25, 0.3) is 0 Å². The first kappa shape index (κ1) is 14.3. The van der Waals surface area contributed by atoms with E-state index in [1.807, 2.05) is 0 Å². The van der Waals surface area contributed by atoms with Crippen molar-refractivity contribution in [1.29, 1.82) is 0 Å². The van der Waals surface area contributed by atoms with Crippen LogP contribution in [0.2, 0.25) is 0 Å². The average molecular weight is 255 g/mol. The molecule has 2 aliphatic heterocycles. The number of hydrogen-bond acceptors (Lipinski definition) is 4. The second kappa shape index (κ2) is 8.10. The molecule has 2 saturated heterocycles. The third-order valence-electron chi connectivity index (χ3n) is 4.09. The lowest BCUT2D eigenvalue weighted by atomic mass is 9.98. The monoisotopic (exact) mass is 255 g/mol. The van der Waals surface area contributed by atoms with Crippen LogP contribution in [0, 0.1) is 5.92 Å². The lowest BCUT2D eigenvalue weighted by molar-refractivity contribution is 0.0374. The molecule has 1 atom stereocenters. The molecule has 0 bridgehead atoms. The lowest BCUT2D eigenvalue weighted by Gasteiger charge is -2.30. The molecule has 2 aliphatic rings. The molecule has 2 rings (SSSR count). The SMILES string of the molecule is CN1CCCC(CNCCCN2CCOCC2)C1. The van der Waals surface area contributed by atoms with E-state index in [1.54, 1.807) is 0 Å². The van der Waals surface area contributed by atoms with Crippen molar-refractivity contribution < 1.29 is 4.74 Å². The van der Waals surface area contributed by atoms with Gasteiger partial charge in [-0.05, 0) is 58.4 Å². The fourth-order valence-corrected chi connectivity index (χ4v) is 3.00. The summed E-state index contributed by atoms with van der Waals surface area (Å²) in [4.78, 5) is 4.98. The summed E-state index contributed by atoms with van der Waals surface area (Å²) in [5.41, 5.74) is 0. The first-order valence-electron chi connectivity index (χ1n) is 7.54. The Kier molecular flexibility index (Phi) is 6.41. The maximum atomic E-state index is 5.35. The van der Waals surface area contributed by atoms with Crippen molar-refractivity contribution in [2.75, 3.05) is 66.1 Å². The topological polar surface area (TPSA) is 27.7 Å². The van der Waals surface area contributed by atoms with Gasteiger partial charge in [-0.25, -0.2) is 0 Å².